The van der Waals surface area contributed by atoms with Crippen LogP contribution < -0.4 is 5.32 Å². The Morgan fingerprint density at radius 2 is 2.18 bits per heavy atom. The maximum absolute atomic E-state index is 11.6. The fourth-order valence-electron chi connectivity index (χ4n) is 2.71. The third kappa shape index (κ3) is 3.39. The Labute approximate surface area is 129 Å². The summed E-state index contributed by atoms with van der Waals surface area (Å²) in [6, 6.07) is 8.13. The molecule has 0 spiro atoms. The highest BCUT2D eigenvalue weighted by Crippen LogP contribution is 2.16. The highest BCUT2D eigenvalue weighted by Gasteiger charge is 2.23. The topological polar surface area (TPSA) is 67.6 Å². The predicted molar refractivity (Wildman–Crippen MR) is 82.5 cm³/mol. The van der Waals surface area contributed by atoms with E-state index in [9.17, 15) is 4.79 Å². The Kier molecular flexibility index (Phi) is 4.58. The Balaban J connectivity index is 1.48. The van der Waals surface area contributed by atoms with Gasteiger partial charge in [-0.1, -0.05) is 12.1 Å². The molecule has 2 aromatic rings. The Bertz CT molecular complexity index is 599. The number of para-hydroxylation sites is 2. The second-order valence-electron chi connectivity index (χ2n) is 5.42. The zero-order valence-corrected chi connectivity index (χ0v) is 12.7. The molecule has 0 bridgehead atoms. The largest absolute Gasteiger partial charge is 0.450 e. The molecule has 0 saturated carbocycles. The number of benzene rings is 1. The zero-order chi connectivity index (χ0) is 15.4. The first-order valence-electron chi connectivity index (χ1n) is 7.76. The highest BCUT2D eigenvalue weighted by molar-refractivity contribution is 5.72. The molecule has 1 aromatic carbocycles. The van der Waals surface area contributed by atoms with Gasteiger partial charge in [-0.05, 0) is 31.9 Å². The smallest absolute Gasteiger partial charge is 0.409 e. The molecule has 0 radical (unpaired) electrons. The Morgan fingerprint density at radius 1 is 1.41 bits per heavy atom. The van der Waals surface area contributed by atoms with E-state index in [2.05, 4.69) is 10.3 Å². The summed E-state index contributed by atoms with van der Waals surface area (Å²) in [5.74, 6) is 0.703. The van der Waals surface area contributed by atoms with Crippen LogP contribution in [0.2, 0.25) is 0 Å². The molecule has 118 valence electrons. The predicted octanol–water partition coefficient (Wildman–Crippen LogP) is 2.54. The summed E-state index contributed by atoms with van der Waals surface area (Å²) in [6.07, 6.45) is 1.62. The van der Waals surface area contributed by atoms with E-state index in [1.165, 1.54) is 0 Å². The van der Waals surface area contributed by atoms with Gasteiger partial charge in [0, 0.05) is 19.1 Å². The lowest BCUT2D eigenvalue weighted by atomic mass is 10.1. The van der Waals surface area contributed by atoms with Crippen molar-refractivity contribution in [3.8, 4) is 0 Å². The van der Waals surface area contributed by atoms with Gasteiger partial charge in [0.2, 0.25) is 5.89 Å². The van der Waals surface area contributed by atoms with Gasteiger partial charge < -0.3 is 19.4 Å². The summed E-state index contributed by atoms with van der Waals surface area (Å²) >= 11 is 0. The highest BCUT2D eigenvalue weighted by atomic mass is 16.6. The molecule has 1 aliphatic heterocycles. The van der Waals surface area contributed by atoms with Crippen LogP contribution in [0.3, 0.4) is 0 Å². The van der Waals surface area contributed by atoms with Crippen LogP contribution in [0.1, 0.15) is 25.7 Å². The lowest BCUT2D eigenvalue weighted by Gasteiger charge is -2.31. The van der Waals surface area contributed by atoms with Crippen LogP contribution in [0, 0.1) is 0 Å². The molecule has 1 fully saturated rings. The molecular formula is C16H21N3O3. The van der Waals surface area contributed by atoms with E-state index in [0.717, 1.165) is 37.0 Å². The number of fused-ring (bicyclic) bond motifs is 1. The van der Waals surface area contributed by atoms with E-state index < -0.39 is 0 Å². The fourth-order valence-corrected chi connectivity index (χ4v) is 2.71. The number of carbonyl (C=O) groups is 1. The molecule has 1 aliphatic rings. The van der Waals surface area contributed by atoms with Crippen molar-refractivity contribution in [3.05, 3.63) is 30.2 Å². The van der Waals surface area contributed by atoms with E-state index in [1.807, 2.05) is 31.2 Å². The summed E-state index contributed by atoms with van der Waals surface area (Å²) in [5, 5.41) is 3.46. The molecule has 1 N–H and O–H groups in total. The Morgan fingerprint density at radius 3 is 2.91 bits per heavy atom. The van der Waals surface area contributed by atoms with Crippen molar-refractivity contribution in [2.75, 3.05) is 19.7 Å². The van der Waals surface area contributed by atoms with Gasteiger partial charge in [-0.15, -0.1) is 0 Å². The lowest BCUT2D eigenvalue weighted by molar-refractivity contribution is 0.0948. The number of carbonyl (C=O) groups excluding carboxylic acids is 1. The molecule has 22 heavy (non-hydrogen) atoms. The second-order valence-corrected chi connectivity index (χ2v) is 5.42. The van der Waals surface area contributed by atoms with Gasteiger partial charge in [0.25, 0.3) is 0 Å². The lowest BCUT2D eigenvalue weighted by Crippen LogP contribution is -2.44. The third-order valence-corrected chi connectivity index (χ3v) is 3.90. The quantitative estimate of drug-likeness (QED) is 0.940. The third-order valence-electron chi connectivity index (χ3n) is 3.90. The number of piperidine rings is 1. The summed E-state index contributed by atoms with van der Waals surface area (Å²) < 4.78 is 10.7. The molecule has 0 unspecified atom stereocenters. The molecule has 2 heterocycles. The van der Waals surface area contributed by atoms with Crippen molar-refractivity contribution in [1.82, 2.24) is 15.2 Å². The van der Waals surface area contributed by atoms with Crippen molar-refractivity contribution in [3.63, 3.8) is 0 Å². The number of aromatic nitrogens is 1. The number of amides is 1. The molecule has 6 heteroatoms. The van der Waals surface area contributed by atoms with Gasteiger partial charge in [0.1, 0.15) is 5.52 Å². The summed E-state index contributed by atoms with van der Waals surface area (Å²) in [4.78, 5) is 17.9. The fraction of sp³-hybridized carbons (Fsp3) is 0.500. The van der Waals surface area contributed by atoms with Gasteiger partial charge in [-0.25, -0.2) is 9.78 Å². The van der Waals surface area contributed by atoms with Crippen LogP contribution in [0.5, 0.6) is 0 Å². The van der Waals surface area contributed by atoms with Crippen molar-refractivity contribution in [1.29, 1.82) is 0 Å². The van der Waals surface area contributed by atoms with E-state index in [0.29, 0.717) is 25.1 Å². The van der Waals surface area contributed by atoms with Crippen LogP contribution in [0.4, 0.5) is 4.79 Å². The minimum atomic E-state index is -0.208. The number of rotatable bonds is 4. The maximum atomic E-state index is 11.6. The monoisotopic (exact) mass is 303 g/mol. The average Bonchev–Trinajstić information content (AvgIpc) is 2.96. The Hall–Kier alpha value is -2.08. The first kappa shape index (κ1) is 14.8. The van der Waals surface area contributed by atoms with Crippen LogP contribution in [0.25, 0.3) is 11.1 Å². The number of hydrogen-bond acceptors (Lipinski definition) is 5. The van der Waals surface area contributed by atoms with Crippen molar-refractivity contribution in [2.24, 2.45) is 0 Å². The van der Waals surface area contributed by atoms with Gasteiger partial charge in [-0.2, -0.15) is 0 Å². The van der Waals surface area contributed by atoms with Crippen molar-refractivity contribution >= 4 is 17.2 Å². The van der Waals surface area contributed by atoms with E-state index in [1.54, 1.807) is 4.90 Å². The number of oxazole rings is 1. The van der Waals surface area contributed by atoms with E-state index >= 15 is 0 Å². The van der Waals surface area contributed by atoms with Crippen LogP contribution in [-0.2, 0) is 11.3 Å². The van der Waals surface area contributed by atoms with Crippen LogP contribution in [0.15, 0.2) is 28.7 Å². The van der Waals surface area contributed by atoms with Gasteiger partial charge in [0.05, 0.1) is 13.2 Å². The maximum Gasteiger partial charge on any atom is 0.409 e. The number of nitrogens with zero attached hydrogens (tertiary/aromatic N) is 2. The summed E-state index contributed by atoms with van der Waals surface area (Å²) in [6.45, 7) is 4.31. The van der Waals surface area contributed by atoms with E-state index in [-0.39, 0.29) is 6.09 Å². The molecule has 0 atom stereocenters. The summed E-state index contributed by atoms with van der Waals surface area (Å²) in [7, 11) is 0. The minimum absolute atomic E-state index is 0.208. The molecule has 0 aliphatic carbocycles. The number of hydrogen-bond donors (Lipinski definition) is 1. The minimum Gasteiger partial charge on any atom is -0.450 e. The second kappa shape index (κ2) is 6.79. The molecule has 6 nitrogen and oxygen atoms in total. The first-order valence-corrected chi connectivity index (χ1v) is 7.76. The van der Waals surface area contributed by atoms with Crippen LogP contribution in [-0.4, -0.2) is 41.7 Å². The number of ether oxygens (including phenoxy) is 1. The first-order chi connectivity index (χ1) is 10.8. The molecule has 1 aromatic heterocycles. The van der Waals surface area contributed by atoms with Crippen molar-refractivity contribution in [2.45, 2.75) is 32.4 Å². The number of likely N-dealkylation sites (tertiary alicyclic amines) is 1. The SMILES string of the molecule is CCOC(=O)N1CCC(NCc2nc3ccccc3o2)CC1. The van der Waals surface area contributed by atoms with Crippen LogP contribution >= 0.6 is 0 Å². The van der Waals surface area contributed by atoms with Gasteiger partial charge in [0.15, 0.2) is 5.58 Å². The molecule has 1 saturated heterocycles. The normalized spacial score (nSPS) is 16.1. The number of nitrogens with one attached hydrogen (secondary N) is 1. The van der Waals surface area contributed by atoms with E-state index in [4.69, 9.17) is 9.15 Å². The molecule has 1 amide bonds. The van der Waals surface area contributed by atoms with Gasteiger partial charge >= 0.3 is 6.09 Å². The summed E-state index contributed by atoms with van der Waals surface area (Å²) in [5.41, 5.74) is 1.70. The van der Waals surface area contributed by atoms with Gasteiger partial charge in [-0.3, -0.25) is 0 Å². The molecular weight excluding hydrogens is 282 g/mol. The zero-order valence-electron chi connectivity index (χ0n) is 12.7. The average molecular weight is 303 g/mol. The standard InChI is InChI=1S/C16H21N3O3/c1-2-21-16(20)19-9-7-12(8-10-19)17-11-15-18-13-5-3-4-6-14(13)22-15/h3-6,12,17H,2,7-11H2,1H3. The van der Waals surface area contributed by atoms with Crippen molar-refractivity contribution < 1.29 is 13.9 Å². The molecule has 3 rings (SSSR count).